The van der Waals surface area contributed by atoms with Crippen LogP contribution in [0.2, 0.25) is 0 Å². The second kappa shape index (κ2) is 7.86. The number of amides is 4. The summed E-state index contributed by atoms with van der Waals surface area (Å²) < 4.78 is 22.4. The van der Waals surface area contributed by atoms with Crippen molar-refractivity contribution in [1.82, 2.24) is 14.8 Å². The minimum atomic E-state index is -1.25. The number of piperidine rings is 1. The number of carbonyl (C=O) groups is 3. The number of imide groups is 1. The summed E-state index contributed by atoms with van der Waals surface area (Å²) in [6, 6.07) is 6.51. The minimum Gasteiger partial charge on any atom is -0.444 e. The van der Waals surface area contributed by atoms with Crippen LogP contribution < -0.4 is 10.2 Å². The van der Waals surface area contributed by atoms with Crippen molar-refractivity contribution in [2.75, 3.05) is 24.5 Å². The van der Waals surface area contributed by atoms with Gasteiger partial charge in [-0.05, 0) is 45.4 Å². The van der Waals surface area contributed by atoms with Crippen molar-refractivity contribution < 1.29 is 23.5 Å². The van der Waals surface area contributed by atoms with Gasteiger partial charge < -0.3 is 14.2 Å². The quantitative estimate of drug-likeness (QED) is 0.789. The van der Waals surface area contributed by atoms with Gasteiger partial charge in [-0.1, -0.05) is 6.07 Å². The van der Waals surface area contributed by atoms with Crippen LogP contribution in [0.25, 0.3) is 10.9 Å². The molecule has 2 saturated heterocycles. The fraction of sp³-hybridized carbons (Fsp3) is 0.500. The normalized spacial score (nSPS) is 22.6. The molecule has 4 rings (SSSR count). The van der Waals surface area contributed by atoms with E-state index in [0.717, 1.165) is 10.9 Å². The molecule has 2 unspecified atom stereocenters. The fourth-order valence-corrected chi connectivity index (χ4v) is 4.19. The average Bonchev–Trinajstić information content (AvgIpc) is 3.11. The number of likely N-dealkylation sites (tertiary alicyclic amines) is 1. The van der Waals surface area contributed by atoms with Crippen molar-refractivity contribution in [3.63, 3.8) is 0 Å². The van der Waals surface area contributed by atoms with Gasteiger partial charge in [-0.2, -0.15) is 0 Å². The minimum absolute atomic E-state index is 0.0322. The largest absolute Gasteiger partial charge is 0.444 e. The van der Waals surface area contributed by atoms with Gasteiger partial charge in [-0.25, -0.2) is 14.0 Å². The maximum Gasteiger partial charge on any atom is 0.410 e. The van der Waals surface area contributed by atoms with Crippen LogP contribution in [0.1, 0.15) is 39.7 Å². The number of rotatable bonds is 2. The highest BCUT2D eigenvalue weighted by Gasteiger charge is 2.35. The van der Waals surface area contributed by atoms with Crippen LogP contribution in [-0.4, -0.2) is 58.9 Å². The third-order valence-corrected chi connectivity index (χ3v) is 5.60. The Bertz CT molecular complexity index is 1030. The number of carbonyl (C=O) groups excluding carboxylic acids is 3. The van der Waals surface area contributed by atoms with Gasteiger partial charge >= 0.3 is 12.1 Å². The molecule has 0 spiro atoms. The van der Waals surface area contributed by atoms with E-state index >= 15 is 4.39 Å². The molecule has 2 aliphatic heterocycles. The van der Waals surface area contributed by atoms with Gasteiger partial charge in [0.05, 0.1) is 23.8 Å². The summed E-state index contributed by atoms with van der Waals surface area (Å²) in [5, 5.41) is 3.15. The SMILES string of the molecule is CC(C)(C)OC(=O)N1CCC(n2ccc3c(N4CCC(=O)NC4=O)cccc32)C(F)C1. The van der Waals surface area contributed by atoms with E-state index in [1.807, 2.05) is 35.0 Å². The number of benzene rings is 1. The molecule has 2 atom stereocenters. The zero-order valence-electron chi connectivity index (χ0n) is 17.9. The Kier molecular flexibility index (Phi) is 5.36. The number of anilines is 1. The number of nitrogens with one attached hydrogen (secondary N) is 1. The van der Waals surface area contributed by atoms with Crippen molar-refractivity contribution >= 4 is 34.6 Å². The number of hydrogen-bond acceptors (Lipinski definition) is 4. The van der Waals surface area contributed by atoms with E-state index in [0.29, 0.717) is 25.2 Å². The van der Waals surface area contributed by atoms with Crippen molar-refractivity contribution in [2.24, 2.45) is 0 Å². The van der Waals surface area contributed by atoms with E-state index < -0.39 is 29.9 Å². The maximum atomic E-state index is 15.2. The predicted octanol–water partition coefficient (Wildman–Crippen LogP) is 3.61. The third-order valence-electron chi connectivity index (χ3n) is 5.60. The highest BCUT2D eigenvalue weighted by molar-refractivity contribution is 6.09. The summed E-state index contributed by atoms with van der Waals surface area (Å²) in [6.07, 6.45) is 0.753. The molecule has 1 N–H and O–H groups in total. The molecular weight excluding hydrogens is 403 g/mol. The smallest absolute Gasteiger partial charge is 0.410 e. The average molecular weight is 430 g/mol. The molecule has 9 heteroatoms. The molecule has 31 heavy (non-hydrogen) atoms. The van der Waals surface area contributed by atoms with Crippen molar-refractivity contribution in [3.8, 4) is 0 Å². The number of fused-ring (bicyclic) bond motifs is 1. The first kappa shape index (κ1) is 21.1. The lowest BCUT2D eigenvalue weighted by molar-refractivity contribution is -0.120. The lowest BCUT2D eigenvalue weighted by Gasteiger charge is -2.36. The second-order valence-corrected chi connectivity index (χ2v) is 8.99. The van der Waals surface area contributed by atoms with Gasteiger partial charge in [0, 0.05) is 31.1 Å². The third kappa shape index (κ3) is 4.22. The number of ether oxygens (including phenoxy) is 1. The van der Waals surface area contributed by atoms with Crippen LogP contribution in [0.4, 0.5) is 19.7 Å². The van der Waals surface area contributed by atoms with E-state index in [9.17, 15) is 14.4 Å². The van der Waals surface area contributed by atoms with E-state index in [-0.39, 0.29) is 18.9 Å². The number of alkyl halides is 1. The Labute approximate surface area is 179 Å². The summed E-state index contributed by atoms with van der Waals surface area (Å²) in [5.41, 5.74) is 0.862. The molecule has 1 aromatic carbocycles. The van der Waals surface area contributed by atoms with Crippen LogP contribution in [-0.2, 0) is 9.53 Å². The lowest BCUT2D eigenvalue weighted by atomic mass is 10.0. The Morgan fingerprint density at radius 1 is 1.19 bits per heavy atom. The van der Waals surface area contributed by atoms with Gasteiger partial charge in [-0.15, -0.1) is 0 Å². The Morgan fingerprint density at radius 2 is 1.97 bits per heavy atom. The first-order valence-electron chi connectivity index (χ1n) is 10.5. The highest BCUT2D eigenvalue weighted by atomic mass is 19.1. The van der Waals surface area contributed by atoms with Gasteiger partial charge in [0.2, 0.25) is 5.91 Å². The van der Waals surface area contributed by atoms with Crippen molar-refractivity contribution in [1.29, 1.82) is 0 Å². The summed E-state index contributed by atoms with van der Waals surface area (Å²) in [7, 11) is 0. The molecule has 0 saturated carbocycles. The van der Waals surface area contributed by atoms with Crippen LogP contribution in [0, 0.1) is 0 Å². The van der Waals surface area contributed by atoms with Gasteiger partial charge in [0.15, 0.2) is 0 Å². The van der Waals surface area contributed by atoms with E-state index in [4.69, 9.17) is 4.74 Å². The van der Waals surface area contributed by atoms with E-state index in [1.54, 1.807) is 20.8 Å². The molecule has 0 bridgehead atoms. The van der Waals surface area contributed by atoms with Gasteiger partial charge in [0.25, 0.3) is 0 Å². The molecule has 8 nitrogen and oxygen atoms in total. The topological polar surface area (TPSA) is 83.9 Å². The highest BCUT2D eigenvalue weighted by Crippen LogP contribution is 2.34. The molecule has 4 amide bonds. The molecular formula is C22H27FN4O4. The zero-order valence-corrected chi connectivity index (χ0v) is 17.9. The maximum absolute atomic E-state index is 15.2. The second-order valence-electron chi connectivity index (χ2n) is 8.99. The van der Waals surface area contributed by atoms with Crippen LogP contribution in [0.15, 0.2) is 30.5 Å². The van der Waals surface area contributed by atoms with Crippen molar-refractivity contribution in [2.45, 2.75) is 51.4 Å². The molecule has 1 aromatic heterocycles. The first-order valence-corrected chi connectivity index (χ1v) is 10.5. The van der Waals surface area contributed by atoms with Crippen molar-refractivity contribution in [3.05, 3.63) is 30.5 Å². The van der Waals surface area contributed by atoms with E-state index in [2.05, 4.69) is 5.32 Å². The summed E-state index contributed by atoms with van der Waals surface area (Å²) in [5.74, 6) is -0.289. The Hall–Kier alpha value is -3.10. The summed E-state index contributed by atoms with van der Waals surface area (Å²) in [6.45, 7) is 6.02. The van der Waals surface area contributed by atoms with Crippen LogP contribution >= 0.6 is 0 Å². The Balaban J connectivity index is 1.55. The summed E-state index contributed by atoms with van der Waals surface area (Å²) in [4.78, 5) is 39.0. The predicted molar refractivity (Wildman–Crippen MR) is 114 cm³/mol. The van der Waals surface area contributed by atoms with Crippen LogP contribution in [0.3, 0.4) is 0 Å². The standard InChI is InChI=1S/C22H27FN4O4/c1-22(2,3)31-21(30)25-10-8-18(15(23)13-25)26-11-7-14-16(26)5-4-6-17(14)27-12-9-19(28)24-20(27)29/h4-7,11,15,18H,8-10,12-13H2,1-3H3,(H,24,28,29). The van der Waals surface area contributed by atoms with Crippen LogP contribution in [0.5, 0.6) is 0 Å². The molecule has 166 valence electrons. The summed E-state index contributed by atoms with van der Waals surface area (Å²) >= 11 is 0. The molecule has 2 aliphatic rings. The Morgan fingerprint density at radius 3 is 2.65 bits per heavy atom. The molecule has 0 aliphatic carbocycles. The molecule has 0 radical (unpaired) electrons. The molecule has 2 fully saturated rings. The monoisotopic (exact) mass is 430 g/mol. The number of urea groups is 1. The molecule has 3 heterocycles. The number of aromatic nitrogens is 1. The number of nitrogens with zero attached hydrogens (tertiary/aromatic N) is 3. The van der Waals surface area contributed by atoms with E-state index in [1.165, 1.54) is 9.80 Å². The number of halogens is 1. The van der Waals surface area contributed by atoms with Gasteiger partial charge in [-0.3, -0.25) is 15.0 Å². The first-order chi connectivity index (χ1) is 14.6. The molecule has 2 aromatic rings. The van der Waals surface area contributed by atoms with Gasteiger partial charge in [0.1, 0.15) is 11.8 Å². The zero-order chi connectivity index (χ0) is 22.3. The lowest BCUT2D eigenvalue weighted by Crippen LogP contribution is -2.49. The fourth-order valence-electron chi connectivity index (χ4n) is 4.19. The number of hydrogen-bond donors (Lipinski definition) is 1.